The first-order chi connectivity index (χ1) is 5.99. The van der Waals surface area contributed by atoms with Crippen molar-refractivity contribution in [3.05, 3.63) is 0 Å². The average Bonchev–Trinajstić information content (AvgIpc) is 2.11. The van der Waals surface area contributed by atoms with Crippen LogP contribution in [0.5, 0.6) is 0 Å². The molecular weight excluding hydrogens is 168 g/mol. The quantitative estimate of drug-likeness (QED) is 0.683. The molecule has 0 saturated heterocycles. The molecule has 1 N–H and O–H groups in total. The number of likely N-dealkylation sites (N-methyl/N-ethyl adjacent to an activating group) is 1. The number of nitrogens with zero attached hydrogens (tertiary/aromatic N) is 1. The molecular formula is C9H18N2O2. The Hall–Kier alpha value is -1.06. The van der Waals surface area contributed by atoms with Crippen LogP contribution >= 0.6 is 0 Å². The Kier molecular flexibility index (Phi) is 5.11. The van der Waals surface area contributed by atoms with E-state index < -0.39 is 0 Å². The van der Waals surface area contributed by atoms with Crippen LogP contribution in [0.4, 0.5) is 0 Å². The van der Waals surface area contributed by atoms with Crippen molar-refractivity contribution in [1.29, 1.82) is 0 Å². The van der Waals surface area contributed by atoms with Crippen LogP contribution in [0.15, 0.2) is 0 Å². The first-order valence-electron chi connectivity index (χ1n) is 4.50. The monoisotopic (exact) mass is 186 g/mol. The molecule has 0 unspecified atom stereocenters. The van der Waals surface area contributed by atoms with Crippen molar-refractivity contribution in [3.8, 4) is 0 Å². The summed E-state index contributed by atoms with van der Waals surface area (Å²) in [6.07, 6.45) is 0. The third kappa shape index (κ3) is 4.50. The van der Waals surface area contributed by atoms with Crippen LogP contribution in [0.1, 0.15) is 20.8 Å². The van der Waals surface area contributed by atoms with Gasteiger partial charge in [-0.2, -0.15) is 0 Å². The van der Waals surface area contributed by atoms with Gasteiger partial charge in [0.05, 0.1) is 6.54 Å². The molecule has 0 radical (unpaired) electrons. The zero-order chi connectivity index (χ0) is 10.4. The topological polar surface area (TPSA) is 49.4 Å². The molecule has 0 aromatic rings. The minimum absolute atomic E-state index is 0.0588. The zero-order valence-corrected chi connectivity index (χ0v) is 8.76. The number of amides is 2. The number of hydrogen-bond acceptors (Lipinski definition) is 2. The average molecular weight is 186 g/mol. The van der Waals surface area contributed by atoms with Gasteiger partial charge in [0.1, 0.15) is 0 Å². The maximum Gasteiger partial charge on any atom is 0.241 e. The number of carbonyl (C=O) groups is 2. The predicted octanol–water partition coefficient (Wildman–Crippen LogP) is 0.237. The van der Waals surface area contributed by atoms with E-state index in [0.29, 0.717) is 6.54 Å². The molecule has 0 rings (SSSR count). The van der Waals surface area contributed by atoms with Crippen LogP contribution in [-0.4, -0.2) is 36.9 Å². The van der Waals surface area contributed by atoms with Gasteiger partial charge < -0.3 is 10.2 Å². The van der Waals surface area contributed by atoms with E-state index in [1.807, 2.05) is 6.92 Å². The van der Waals surface area contributed by atoms with E-state index in [1.165, 1.54) is 0 Å². The molecule has 4 heteroatoms. The Morgan fingerprint density at radius 1 is 1.38 bits per heavy atom. The van der Waals surface area contributed by atoms with E-state index in [2.05, 4.69) is 5.32 Å². The molecule has 0 atom stereocenters. The van der Waals surface area contributed by atoms with Gasteiger partial charge in [-0.15, -0.1) is 0 Å². The maximum atomic E-state index is 11.2. The molecule has 0 aliphatic carbocycles. The summed E-state index contributed by atoms with van der Waals surface area (Å²) in [7, 11) is 1.71. The fraction of sp³-hybridized carbons (Fsp3) is 0.778. The second-order valence-corrected chi connectivity index (χ2v) is 3.28. The SMILES string of the molecule is CCN(C)C(=O)CNC(=O)C(C)C. The lowest BCUT2D eigenvalue weighted by atomic mass is 10.2. The van der Waals surface area contributed by atoms with Gasteiger partial charge in [-0.1, -0.05) is 13.8 Å². The number of carbonyl (C=O) groups excluding carboxylic acids is 2. The van der Waals surface area contributed by atoms with Crippen LogP contribution in [0.2, 0.25) is 0 Å². The largest absolute Gasteiger partial charge is 0.347 e. The molecule has 13 heavy (non-hydrogen) atoms. The molecule has 0 aromatic heterocycles. The lowest BCUT2D eigenvalue weighted by Gasteiger charge is -2.15. The fourth-order valence-corrected chi connectivity index (χ4v) is 0.678. The van der Waals surface area contributed by atoms with Crippen LogP contribution in [0, 0.1) is 5.92 Å². The minimum Gasteiger partial charge on any atom is -0.347 e. The van der Waals surface area contributed by atoms with Crippen molar-refractivity contribution in [1.82, 2.24) is 10.2 Å². The van der Waals surface area contributed by atoms with Gasteiger partial charge in [-0.25, -0.2) is 0 Å². The minimum atomic E-state index is -0.0853. The molecule has 4 nitrogen and oxygen atoms in total. The van der Waals surface area contributed by atoms with Crippen LogP contribution in [0.25, 0.3) is 0 Å². The maximum absolute atomic E-state index is 11.2. The summed E-state index contributed by atoms with van der Waals surface area (Å²) in [4.78, 5) is 23.9. The molecule has 0 aromatic carbocycles. The van der Waals surface area contributed by atoms with Gasteiger partial charge in [0, 0.05) is 19.5 Å². The van der Waals surface area contributed by atoms with E-state index in [-0.39, 0.29) is 24.3 Å². The van der Waals surface area contributed by atoms with E-state index in [0.717, 1.165) is 0 Å². The molecule has 0 aliphatic rings. The first-order valence-corrected chi connectivity index (χ1v) is 4.50. The summed E-state index contributed by atoms with van der Waals surface area (Å²) in [5, 5.41) is 2.57. The van der Waals surface area contributed by atoms with Crippen molar-refractivity contribution < 1.29 is 9.59 Å². The van der Waals surface area contributed by atoms with Crippen LogP contribution in [0.3, 0.4) is 0 Å². The highest BCUT2D eigenvalue weighted by Crippen LogP contribution is 1.90. The molecule has 0 fully saturated rings. The Morgan fingerprint density at radius 2 is 1.92 bits per heavy atom. The summed E-state index contributed by atoms with van der Waals surface area (Å²) in [5.74, 6) is -0.214. The third-order valence-corrected chi connectivity index (χ3v) is 1.84. The Balaban J connectivity index is 3.77. The first kappa shape index (κ1) is 11.9. The Bertz CT molecular complexity index is 190. The summed E-state index contributed by atoms with van der Waals surface area (Å²) >= 11 is 0. The van der Waals surface area contributed by atoms with E-state index in [4.69, 9.17) is 0 Å². The normalized spacial score (nSPS) is 9.92. The number of rotatable bonds is 4. The van der Waals surface area contributed by atoms with Gasteiger partial charge in [-0.05, 0) is 6.92 Å². The van der Waals surface area contributed by atoms with E-state index in [9.17, 15) is 9.59 Å². The molecule has 0 spiro atoms. The Morgan fingerprint density at radius 3 is 2.31 bits per heavy atom. The van der Waals surface area contributed by atoms with E-state index >= 15 is 0 Å². The van der Waals surface area contributed by atoms with Crippen LogP contribution in [-0.2, 0) is 9.59 Å². The Labute approximate surface area is 79.3 Å². The second kappa shape index (κ2) is 5.56. The van der Waals surface area contributed by atoms with Gasteiger partial charge in [0.25, 0.3) is 0 Å². The van der Waals surface area contributed by atoms with Crippen molar-refractivity contribution in [2.75, 3.05) is 20.1 Å². The molecule has 0 heterocycles. The third-order valence-electron chi connectivity index (χ3n) is 1.84. The molecule has 76 valence electrons. The summed E-state index contributed by atoms with van der Waals surface area (Å²) < 4.78 is 0. The molecule has 0 saturated carbocycles. The predicted molar refractivity (Wildman–Crippen MR) is 51.2 cm³/mol. The highest BCUT2D eigenvalue weighted by Gasteiger charge is 2.10. The highest BCUT2D eigenvalue weighted by molar-refractivity contribution is 5.85. The van der Waals surface area contributed by atoms with Crippen molar-refractivity contribution in [2.24, 2.45) is 5.92 Å². The lowest BCUT2D eigenvalue weighted by molar-refractivity contribution is -0.132. The van der Waals surface area contributed by atoms with Crippen molar-refractivity contribution in [3.63, 3.8) is 0 Å². The number of hydrogen-bond donors (Lipinski definition) is 1. The van der Waals surface area contributed by atoms with Gasteiger partial charge in [0.2, 0.25) is 11.8 Å². The summed E-state index contributed by atoms with van der Waals surface area (Å²) in [6, 6.07) is 0. The highest BCUT2D eigenvalue weighted by atomic mass is 16.2. The molecule has 0 bridgehead atoms. The van der Waals surface area contributed by atoms with Crippen LogP contribution < -0.4 is 5.32 Å². The standard InChI is InChI=1S/C9H18N2O2/c1-5-11(4)8(12)6-10-9(13)7(2)3/h7H,5-6H2,1-4H3,(H,10,13). The van der Waals surface area contributed by atoms with Crippen molar-refractivity contribution >= 4 is 11.8 Å². The van der Waals surface area contributed by atoms with Gasteiger partial charge in [0.15, 0.2) is 0 Å². The van der Waals surface area contributed by atoms with Gasteiger partial charge in [-0.3, -0.25) is 9.59 Å². The van der Waals surface area contributed by atoms with Gasteiger partial charge >= 0.3 is 0 Å². The zero-order valence-electron chi connectivity index (χ0n) is 8.76. The van der Waals surface area contributed by atoms with E-state index in [1.54, 1.807) is 25.8 Å². The fourth-order valence-electron chi connectivity index (χ4n) is 0.678. The summed E-state index contributed by atoms with van der Waals surface area (Å²) in [6.45, 7) is 6.24. The lowest BCUT2D eigenvalue weighted by Crippen LogP contribution is -2.39. The second-order valence-electron chi connectivity index (χ2n) is 3.28. The summed E-state index contributed by atoms with van der Waals surface area (Å²) in [5.41, 5.74) is 0. The molecule has 0 aliphatic heterocycles. The molecule has 2 amide bonds. The van der Waals surface area contributed by atoms with Crippen molar-refractivity contribution in [2.45, 2.75) is 20.8 Å². The number of nitrogens with one attached hydrogen (secondary N) is 1. The smallest absolute Gasteiger partial charge is 0.241 e.